The highest BCUT2D eigenvalue weighted by Crippen LogP contribution is 2.27. The van der Waals surface area contributed by atoms with Crippen molar-refractivity contribution in [2.45, 2.75) is 19.4 Å². The first-order valence-corrected chi connectivity index (χ1v) is 8.38. The van der Waals surface area contributed by atoms with Gasteiger partial charge in [-0.2, -0.15) is 0 Å². The van der Waals surface area contributed by atoms with Crippen LogP contribution in [0.25, 0.3) is 11.0 Å². The van der Waals surface area contributed by atoms with Gasteiger partial charge in [0.25, 0.3) is 5.91 Å². The summed E-state index contributed by atoms with van der Waals surface area (Å²) in [4.78, 5) is 18.6. The van der Waals surface area contributed by atoms with Gasteiger partial charge in [0, 0.05) is 24.2 Å². The summed E-state index contributed by atoms with van der Waals surface area (Å²) in [5, 5.41) is 3.71. The third-order valence-electron chi connectivity index (χ3n) is 3.89. The molecule has 3 rings (SSSR count). The Labute approximate surface area is 150 Å². The average molecular weight is 366 g/mol. The van der Waals surface area contributed by atoms with Crippen LogP contribution in [-0.4, -0.2) is 29.4 Å². The van der Waals surface area contributed by atoms with Crippen LogP contribution in [0.15, 0.2) is 40.1 Å². The molecule has 1 amide bonds. The summed E-state index contributed by atoms with van der Waals surface area (Å²) >= 11 is 1.47. The number of thiazole rings is 1. The SMILES string of the molecule is CC(c1cc2ccccc2o1)N(C)C(=O)c1csc(CCN)n1.Cl. The summed E-state index contributed by atoms with van der Waals surface area (Å²) in [5.74, 6) is 0.650. The number of fused-ring (bicyclic) bond motifs is 1. The molecule has 1 unspecified atom stereocenters. The van der Waals surface area contributed by atoms with Gasteiger partial charge in [-0.25, -0.2) is 4.98 Å². The number of nitrogens with zero attached hydrogens (tertiary/aromatic N) is 2. The molecule has 0 saturated carbocycles. The maximum absolute atomic E-state index is 12.6. The molecule has 1 atom stereocenters. The van der Waals surface area contributed by atoms with E-state index in [4.69, 9.17) is 10.2 Å². The van der Waals surface area contributed by atoms with Gasteiger partial charge in [-0.05, 0) is 25.6 Å². The number of nitrogens with two attached hydrogens (primary N) is 1. The maximum atomic E-state index is 12.6. The van der Waals surface area contributed by atoms with Crippen LogP contribution in [0.5, 0.6) is 0 Å². The number of para-hydroxylation sites is 1. The molecule has 2 N–H and O–H groups in total. The number of amides is 1. The zero-order valence-electron chi connectivity index (χ0n) is 13.6. The number of rotatable bonds is 5. The van der Waals surface area contributed by atoms with E-state index in [2.05, 4.69) is 4.98 Å². The van der Waals surface area contributed by atoms with Crippen molar-refractivity contribution in [3.8, 4) is 0 Å². The fraction of sp³-hybridized carbons (Fsp3) is 0.294. The van der Waals surface area contributed by atoms with Gasteiger partial charge in [0.05, 0.1) is 11.0 Å². The molecule has 3 aromatic rings. The minimum absolute atomic E-state index is 0. The van der Waals surface area contributed by atoms with Crippen LogP contribution in [0.1, 0.15) is 34.2 Å². The number of hydrogen-bond donors (Lipinski definition) is 1. The molecule has 0 saturated heterocycles. The lowest BCUT2D eigenvalue weighted by Crippen LogP contribution is -2.29. The predicted molar refractivity (Wildman–Crippen MR) is 98.8 cm³/mol. The third-order valence-corrected chi connectivity index (χ3v) is 4.80. The molecule has 128 valence electrons. The Morgan fingerprint density at radius 3 is 2.88 bits per heavy atom. The molecule has 0 aliphatic heterocycles. The number of carbonyl (C=O) groups excluding carboxylic acids is 1. The standard InChI is InChI=1S/C17H19N3O2S.ClH/c1-11(15-9-12-5-3-4-6-14(12)22-15)20(2)17(21)13-10-23-16(19-13)7-8-18;/h3-6,9-11H,7-8,18H2,1-2H3;1H. The normalized spacial score (nSPS) is 12.0. The van der Waals surface area contributed by atoms with Crippen LogP contribution < -0.4 is 5.73 Å². The lowest BCUT2D eigenvalue weighted by atomic mass is 10.2. The van der Waals surface area contributed by atoms with Crippen molar-refractivity contribution in [3.63, 3.8) is 0 Å². The smallest absolute Gasteiger partial charge is 0.273 e. The first-order valence-electron chi connectivity index (χ1n) is 7.50. The van der Waals surface area contributed by atoms with Gasteiger partial charge in [0.2, 0.25) is 0 Å². The fourth-order valence-electron chi connectivity index (χ4n) is 2.40. The van der Waals surface area contributed by atoms with Crippen LogP contribution >= 0.6 is 23.7 Å². The molecule has 5 nitrogen and oxygen atoms in total. The number of aromatic nitrogens is 1. The number of benzene rings is 1. The van der Waals surface area contributed by atoms with E-state index in [0.717, 1.165) is 21.7 Å². The van der Waals surface area contributed by atoms with Crippen LogP contribution in [0, 0.1) is 0 Å². The molecule has 2 heterocycles. The fourth-order valence-corrected chi connectivity index (χ4v) is 3.19. The summed E-state index contributed by atoms with van der Waals surface area (Å²) in [7, 11) is 1.77. The highest BCUT2D eigenvalue weighted by atomic mass is 35.5. The predicted octanol–water partition coefficient (Wildman–Crippen LogP) is 3.65. The summed E-state index contributed by atoms with van der Waals surface area (Å²) in [5.41, 5.74) is 6.82. The van der Waals surface area contributed by atoms with E-state index in [-0.39, 0.29) is 24.4 Å². The van der Waals surface area contributed by atoms with Gasteiger partial charge >= 0.3 is 0 Å². The third kappa shape index (κ3) is 3.61. The zero-order valence-corrected chi connectivity index (χ0v) is 15.2. The van der Waals surface area contributed by atoms with Crippen molar-refractivity contribution in [1.29, 1.82) is 0 Å². The molecular weight excluding hydrogens is 346 g/mol. The van der Waals surface area contributed by atoms with Crippen LogP contribution in [0.2, 0.25) is 0 Å². The van der Waals surface area contributed by atoms with Crippen molar-refractivity contribution in [2.75, 3.05) is 13.6 Å². The highest BCUT2D eigenvalue weighted by Gasteiger charge is 2.23. The van der Waals surface area contributed by atoms with E-state index in [1.54, 1.807) is 17.3 Å². The molecule has 0 spiro atoms. The quantitative estimate of drug-likeness (QED) is 0.749. The summed E-state index contributed by atoms with van der Waals surface area (Å²) in [6.45, 7) is 2.48. The van der Waals surface area contributed by atoms with Crippen LogP contribution in [0.3, 0.4) is 0 Å². The number of halogens is 1. The first kappa shape index (κ1) is 18.4. The van der Waals surface area contributed by atoms with Crippen molar-refractivity contribution >= 4 is 40.6 Å². The van der Waals surface area contributed by atoms with Gasteiger partial charge in [0.1, 0.15) is 17.0 Å². The van der Waals surface area contributed by atoms with Crippen molar-refractivity contribution < 1.29 is 9.21 Å². The number of furan rings is 1. The average Bonchev–Trinajstić information content (AvgIpc) is 3.19. The summed E-state index contributed by atoms with van der Waals surface area (Å²) < 4.78 is 5.85. The minimum atomic E-state index is -0.172. The van der Waals surface area contributed by atoms with E-state index in [0.29, 0.717) is 18.7 Å². The molecular formula is C17H20ClN3O2S. The summed E-state index contributed by atoms with van der Waals surface area (Å²) in [6.07, 6.45) is 0.695. The minimum Gasteiger partial charge on any atom is -0.459 e. The Balaban J connectivity index is 0.00000208. The highest BCUT2D eigenvalue weighted by molar-refractivity contribution is 7.09. The molecule has 1 aromatic carbocycles. The lowest BCUT2D eigenvalue weighted by molar-refractivity contribution is 0.0722. The van der Waals surface area contributed by atoms with E-state index in [1.165, 1.54) is 11.3 Å². The molecule has 0 aliphatic carbocycles. The molecule has 0 bridgehead atoms. The largest absolute Gasteiger partial charge is 0.459 e. The van der Waals surface area contributed by atoms with Crippen molar-refractivity contribution in [2.24, 2.45) is 5.73 Å². The van der Waals surface area contributed by atoms with Gasteiger partial charge in [-0.15, -0.1) is 23.7 Å². The summed E-state index contributed by atoms with van der Waals surface area (Å²) in [6, 6.07) is 9.63. The first-order chi connectivity index (χ1) is 11.1. The Kier molecular flexibility index (Phi) is 5.99. The molecule has 0 aliphatic rings. The Morgan fingerprint density at radius 1 is 1.42 bits per heavy atom. The Morgan fingerprint density at radius 2 is 2.17 bits per heavy atom. The second kappa shape index (κ2) is 7.79. The van der Waals surface area contributed by atoms with Crippen LogP contribution in [0.4, 0.5) is 0 Å². The van der Waals surface area contributed by atoms with E-state index >= 15 is 0 Å². The van der Waals surface area contributed by atoms with Gasteiger partial charge in [0.15, 0.2) is 0 Å². The van der Waals surface area contributed by atoms with E-state index in [1.807, 2.05) is 37.3 Å². The van der Waals surface area contributed by atoms with Crippen LogP contribution in [-0.2, 0) is 6.42 Å². The second-order valence-electron chi connectivity index (χ2n) is 5.44. The van der Waals surface area contributed by atoms with Crippen molar-refractivity contribution in [1.82, 2.24) is 9.88 Å². The maximum Gasteiger partial charge on any atom is 0.273 e. The number of hydrogen-bond acceptors (Lipinski definition) is 5. The van der Waals surface area contributed by atoms with Gasteiger partial charge in [-0.1, -0.05) is 18.2 Å². The molecule has 0 radical (unpaired) electrons. The van der Waals surface area contributed by atoms with Gasteiger partial charge < -0.3 is 15.1 Å². The Bertz CT molecular complexity index is 797. The lowest BCUT2D eigenvalue weighted by Gasteiger charge is -2.22. The second-order valence-corrected chi connectivity index (χ2v) is 6.39. The van der Waals surface area contributed by atoms with Crippen molar-refractivity contribution in [3.05, 3.63) is 52.2 Å². The van der Waals surface area contributed by atoms with E-state index in [9.17, 15) is 4.79 Å². The molecule has 0 fully saturated rings. The monoisotopic (exact) mass is 365 g/mol. The zero-order chi connectivity index (χ0) is 16.4. The topological polar surface area (TPSA) is 72.4 Å². The molecule has 7 heteroatoms. The molecule has 24 heavy (non-hydrogen) atoms. The molecule has 2 aromatic heterocycles. The van der Waals surface area contributed by atoms with E-state index < -0.39 is 0 Å². The number of carbonyl (C=O) groups is 1. The Hall–Kier alpha value is -1.89. The van der Waals surface area contributed by atoms with Gasteiger partial charge in [-0.3, -0.25) is 4.79 Å².